The Morgan fingerprint density at radius 1 is 1.25 bits per heavy atom. The van der Waals surface area contributed by atoms with Crippen LogP contribution >= 0.6 is 0 Å². The van der Waals surface area contributed by atoms with Crippen LogP contribution in [0.1, 0.15) is 26.3 Å². The van der Waals surface area contributed by atoms with E-state index in [1.54, 1.807) is 20.8 Å². The number of carbonyl (C=O) groups excluding carboxylic acids is 2. The molecule has 20 heavy (non-hydrogen) atoms. The standard InChI is InChI=1S/C15H19NO4/c1-15(2,3)20-14(18)16-9-12(16)13(17)19-10-11-7-5-4-6-8-11/h4-8,12H,9-10H2,1-3H3/t12-,16?/m1/s1. The first kappa shape index (κ1) is 14.4. The third kappa shape index (κ3) is 3.98. The first-order valence-corrected chi connectivity index (χ1v) is 6.57. The van der Waals surface area contributed by atoms with Crippen molar-refractivity contribution in [2.45, 2.75) is 39.0 Å². The summed E-state index contributed by atoms with van der Waals surface area (Å²) in [6.07, 6.45) is -0.473. The van der Waals surface area contributed by atoms with E-state index in [1.165, 1.54) is 4.90 Å². The Labute approximate surface area is 118 Å². The second-order valence-electron chi connectivity index (χ2n) is 5.74. The van der Waals surface area contributed by atoms with Gasteiger partial charge in [-0.2, -0.15) is 0 Å². The van der Waals surface area contributed by atoms with Crippen molar-refractivity contribution in [2.24, 2.45) is 0 Å². The van der Waals surface area contributed by atoms with Crippen LogP contribution in [0.25, 0.3) is 0 Å². The Hall–Kier alpha value is -2.04. The molecule has 1 aromatic carbocycles. The van der Waals surface area contributed by atoms with Crippen molar-refractivity contribution in [2.75, 3.05) is 6.54 Å². The molecule has 1 heterocycles. The number of nitrogens with zero attached hydrogens (tertiary/aromatic N) is 1. The van der Waals surface area contributed by atoms with Gasteiger partial charge < -0.3 is 9.47 Å². The van der Waals surface area contributed by atoms with E-state index in [0.717, 1.165) is 5.56 Å². The third-order valence-corrected chi connectivity index (χ3v) is 2.74. The van der Waals surface area contributed by atoms with Crippen LogP contribution < -0.4 is 0 Å². The largest absolute Gasteiger partial charge is 0.459 e. The maximum absolute atomic E-state index is 11.8. The van der Waals surface area contributed by atoms with Crippen LogP contribution in [0.3, 0.4) is 0 Å². The summed E-state index contributed by atoms with van der Waals surface area (Å²) in [4.78, 5) is 24.9. The van der Waals surface area contributed by atoms with Crippen molar-refractivity contribution in [1.29, 1.82) is 0 Å². The Bertz CT molecular complexity index is 492. The quantitative estimate of drug-likeness (QED) is 0.628. The van der Waals surface area contributed by atoms with Crippen molar-refractivity contribution in [3.8, 4) is 0 Å². The highest BCUT2D eigenvalue weighted by Crippen LogP contribution is 2.23. The summed E-state index contributed by atoms with van der Waals surface area (Å²) >= 11 is 0. The van der Waals surface area contributed by atoms with Gasteiger partial charge in [0, 0.05) is 0 Å². The predicted octanol–water partition coefficient (Wildman–Crippen LogP) is 2.35. The van der Waals surface area contributed by atoms with Gasteiger partial charge in [-0.3, -0.25) is 4.90 Å². The lowest BCUT2D eigenvalue weighted by Crippen LogP contribution is -2.29. The summed E-state index contributed by atoms with van der Waals surface area (Å²) in [5, 5.41) is 0. The lowest BCUT2D eigenvalue weighted by atomic mass is 10.2. The zero-order valence-electron chi connectivity index (χ0n) is 12.0. The first-order chi connectivity index (χ1) is 9.37. The predicted molar refractivity (Wildman–Crippen MR) is 73.0 cm³/mol. The number of hydrogen-bond donors (Lipinski definition) is 0. The number of rotatable bonds is 3. The molecule has 5 nitrogen and oxygen atoms in total. The first-order valence-electron chi connectivity index (χ1n) is 6.57. The van der Waals surface area contributed by atoms with Gasteiger partial charge >= 0.3 is 12.1 Å². The molecular weight excluding hydrogens is 258 g/mol. The molecular formula is C15H19NO4. The fourth-order valence-corrected chi connectivity index (χ4v) is 1.69. The normalized spacial score (nSPS) is 17.6. The number of hydrogen-bond acceptors (Lipinski definition) is 4. The molecule has 1 fully saturated rings. The molecule has 1 aromatic rings. The fraction of sp³-hybridized carbons (Fsp3) is 0.467. The van der Waals surface area contributed by atoms with Crippen LogP contribution in [0.15, 0.2) is 30.3 Å². The molecule has 0 spiro atoms. The van der Waals surface area contributed by atoms with Gasteiger partial charge in [-0.05, 0) is 26.3 Å². The Kier molecular flexibility index (Phi) is 3.97. The molecule has 0 aliphatic carbocycles. The van der Waals surface area contributed by atoms with E-state index in [4.69, 9.17) is 9.47 Å². The van der Waals surface area contributed by atoms with Crippen LogP contribution in [0.2, 0.25) is 0 Å². The van der Waals surface area contributed by atoms with Gasteiger partial charge in [0.05, 0.1) is 6.54 Å². The average molecular weight is 277 g/mol. The van der Waals surface area contributed by atoms with E-state index in [9.17, 15) is 9.59 Å². The van der Waals surface area contributed by atoms with Crippen LogP contribution in [-0.4, -0.2) is 35.2 Å². The molecule has 0 bridgehead atoms. The molecule has 1 atom stereocenters. The number of carbonyl (C=O) groups is 2. The van der Waals surface area contributed by atoms with Crippen LogP contribution in [0, 0.1) is 0 Å². The molecule has 0 radical (unpaired) electrons. The number of benzene rings is 1. The minimum absolute atomic E-state index is 0.221. The van der Waals surface area contributed by atoms with Crippen LogP contribution in [0.4, 0.5) is 4.79 Å². The molecule has 0 unspecified atom stereocenters. The van der Waals surface area contributed by atoms with Crippen molar-refractivity contribution >= 4 is 12.1 Å². The maximum atomic E-state index is 11.8. The molecule has 1 aliphatic heterocycles. The van der Waals surface area contributed by atoms with E-state index >= 15 is 0 Å². The molecule has 2 rings (SSSR count). The summed E-state index contributed by atoms with van der Waals surface area (Å²) in [6.45, 7) is 5.95. The monoisotopic (exact) mass is 277 g/mol. The van der Waals surface area contributed by atoms with E-state index < -0.39 is 17.7 Å². The van der Waals surface area contributed by atoms with E-state index in [0.29, 0.717) is 6.54 Å². The molecule has 1 amide bonds. The van der Waals surface area contributed by atoms with Crippen molar-refractivity contribution in [3.63, 3.8) is 0 Å². The van der Waals surface area contributed by atoms with Crippen LogP contribution in [-0.2, 0) is 20.9 Å². The summed E-state index contributed by atoms with van der Waals surface area (Å²) < 4.78 is 10.4. The molecule has 1 aliphatic rings. The number of amides is 1. The Balaban J connectivity index is 1.77. The zero-order valence-corrected chi connectivity index (χ0v) is 12.0. The number of ether oxygens (including phenoxy) is 2. The third-order valence-electron chi connectivity index (χ3n) is 2.74. The zero-order chi connectivity index (χ0) is 14.8. The lowest BCUT2D eigenvalue weighted by molar-refractivity contribution is -0.145. The summed E-state index contributed by atoms with van der Waals surface area (Å²) in [5.74, 6) is -0.389. The summed E-state index contributed by atoms with van der Waals surface area (Å²) in [7, 11) is 0. The van der Waals surface area contributed by atoms with E-state index in [2.05, 4.69) is 0 Å². The molecule has 5 heteroatoms. The second kappa shape index (κ2) is 5.53. The molecule has 0 aromatic heterocycles. The molecule has 1 saturated heterocycles. The van der Waals surface area contributed by atoms with Crippen molar-refractivity contribution in [3.05, 3.63) is 35.9 Å². The maximum Gasteiger partial charge on any atom is 0.411 e. The molecule has 0 N–H and O–H groups in total. The Morgan fingerprint density at radius 3 is 2.50 bits per heavy atom. The van der Waals surface area contributed by atoms with Gasteiger partial charge in [-0.15, -0.1) is 0 Å². The van der Waals surface area contributed by atoms with E-state index in [1.807, 2.05) is 30.3 Å². The minimum atomic E-state index is -0.557. The minimum Gasteiger partial charge on any atom is -0.459 e. The summed E-state index contributed by atoms with van der Waals surface area (Å²) in [6, 6.07) is 8.92. The Morgan fingerprint density at radius 2 is 1.90 bits per heavy atom. The highest BCUT2D eigenvalue weighted by molar-refractivity contribution is 5.86. The summed E-state index contributed by atoms with van der Waals surface area (Å²) in [5.41, 5.74) is 0.364. The van der Waals surface area contributed by atoms with Gasteiger partial charge in [-0.1, -0.05) is 30.3 Å². The average Bonchev–Trinajstić information content (AvgIpc) is 3.15. The smallest absolute Gasteiger partial charge is 0.411 e. The number of esters is 1. The van der Waals surface area contributed by atoms with Gasteiger partial charge in [0.1, 0.15) is 12.2 Å². The van der Waals surface area contributed by atoms with Crippen LogP contribution in [0.5, 0.6) is 0 Å². The van der Waals surface area contributed by atoms with Gasteiger partial charge in [0.2, 0.25) is 0 Å². The van der Waals surface area contributed by atoms with Gasteiger partial charge in [-0.25, -0.2) is 9.59 Å². The molecule has 0 saturated carbocycles. The highest BCUT2D eigenvalue weighted by Gasteiger charge is 2.47. The van der Waals surface area contributed by atoms with Crippen molar-refractivity contribution < 1.29 is 19.1 Å². The second-order valence-corrected chi connectivity index (χ2v) is 5.74. The van der Waals surface area contributed by atoms with Gasteiger partial charge in [0.15, 0.2) is 6.04 Å². The van der Waals surface area contributed by atoms with Gasteiger partial charge in [0.25, 0.3) is 0 Å². The fourth-order valence-electron chi connectivity index (χ4n) is 1.69. The van der Waals surface area contributed by atoms with E-state index in [-0.39, 0.29) is 12.6 Å². The lowest BCUT2D eigenvalue weighted by Gasteiger charge is -2.19. The molecule has 108 valence electrons. The highest BCUT2D eigenvalue weighted by atomic mass is 16.6. The topological polar surface area (TPSA) is 55.6 Å². The SMILES string of the molecule is CC(C)(C)OC(=O)N1C[C@@H]1C(=O)OCc1ccccc1. The van der Waals surface area contributed by atoms with Crippen molar-refractivity contribution in [1.82, 2.24) is 4.90 Å².